The van der Waals surface area contributed by atoms with Crippen molar-refractivity contribution in [1.82, 2.24) is 4.90 Å². The number of halogens is 2. The van der Waals surface area contributed by atoms with E-state index in [1.165, 1.54) is 36.3 Å². The summed E-state index contributed by atoms with van der Waals surface area (Å²) in [4.78, 5) is 27.0. The number of amides is 1. The number of benzene rings is 2. The van der Waals surface area contributed by atoms with E-state index >= 15 is 0 Å². The van der Waals surface area contributed by atoms with Crippen molar-refractivity contribution in [2.75, 3.05) is 7.11 Å². The van der Waals surface area contributed by atoms with Crippen LogP contribution in [0.4, 0.5) is 8.78 Å². The van der Waals surface area contributed by atoms with Gasteiger partial charge in [-0.05, 0) is 41.8 Å². The Bertz CT molecular complexity index is 939. The smallest absolute Gasteiger partial charge is 0.336 e. The van der Waals surface area contributed by atoms with Crippen LogP contribution in [-0.4, -0.2) is 23.9 Å². The first kappa shape index (κ1) is 19.7. The highest BCUT2D eigenvalue weighted by Crippen LogP contribution is 2.39. The van der Waals surface area contributed by atoms with Crippen LogP contribution in [0.3, 0.4) is 0 Å². The van der Waals surface area contributed by atoms with Crippen LogP contribution >= 0.6 is 0 Å². The number of carbonyl (C=O) groups excluding carboxylic acids is 2. The first-order chi connectivity index (χ1) is 13.4. The topological polar surface area (TPSA) is 46.6 Å². The second-order valence-corrected chi connectivity index (χ2v) is 6.63. The molecule has 1 aliphatic rings. The van der Waals surface area contributed by atoms with Crippen LogP contribution in [0.25, 0.3) is 0 Å². The third-order valence-corrected chi connectivity index (χ3v) is 4.89. The normalized spacial score (nSPS) is 17.1. The number of hydrogen-bond acceptors (Lipinski definition) is 3. The number of rotatable bonds is 5. The molecule has 0 spiro atoms. The highest BCUT2D eigenvalue weighted by atomic mass is 19.1. The van der Waals surface area contributed by atoms with Crippen LogP contribution in [-0.2, 0) is 20.9 Å². The van der Waals surface area contributed by atoms with Crippen LogP contribution in [0.2, 0.25) is 0 Å². The monoisotopic (exact) mass is 385 g/mol. The second kappa shape index (κ2) is 8.33. The maximum absolute atomic E-state index is 13.7. The summed E-state index contributed by atoms with van der Waals surface area (Å²) in [7, 11) is 1.28. The summed E-state index contributed by atoms with van der Waals surface area (Å²) in [5, 5.41) is 0. The summed E-state index contributed by atoms with van der Waals surface area (Å²) in [5.74, 6) is -2.18. The molecular formula is C22H21F2NO3. The molecule has 0 saturated heterocycles. The van der Waals surface area contributed by atoms with Crippen molar-refractivity contribution >= 4 is 11.9 Å². The molecule has 0 fully saturated rings. The Morgan fingerprint density at radius 1 is 1.14 bits per heavy atom. The largest absolute Gasteiger partial charge is 0.466 e. The summed E-state index contributed by atoms with van der Waals surface area (Å²) in [6, 6.07) is 11.9. The molecule has 28 heavy (non-hydrogen) atoms. The number of allylic oxidation sites excluding steroid dienone is 1. The van der Waals surface area contributed by atoms with Gasteiger partial charge >= 0.3 is 5.97 Å². The average molecular weight is 385 g/mol. The molecule has 1 atom stereocenters. The first-order valence-corrected chi connectivity index (χ1v) is 9.06. The third-order valence-electron chi connectivity index (χ3n) is 4.89. The fraction of sp³-hybridized carbons (Fsp3) is 0.273. The van der Waals surface area contributed by atoms with Gasteiger partial charge in [0.25, 0.3) is 0 Å². The van der Waals surface area contributed by atoms with Gasteiger partial charge in [-0.15, -0.1) is 0 Å². The molecule has 1 amide bonds. The van der Waals surface area contributed by atoms with Crippen molar-refractivity contribution in [2.24, 2.45) is 0 Å². The Morgan fingerprint density at radius 3 is 2.43 bits per heavy atom. The van der Waals surface area contributed by atoms with Crippen molar-refractivity contribution in [1.29, 1.82) is 0 Å². The van der Waals surface area contributed by atoms with Crippen molar-refractivity contribution in [3.8, 4) is 0 Å². The van der Waals surface area contributed by atoms with Gasteiger partial charge in [0.1, 0.15) is 11.6 Å². The average Bonchev–Trinajstić information content (AvgIpc) is 2.68. The molecule has 0 aliphatic carbocycles. The molecule has 0 radical (unpaired) electrons. The molecule has 1 unspecified atom stereocenters. The van der Waals surface area contributed by atoms with Gasteiger partial charge in [0.05, 0.1) is 19.2 Å². The lowest BCUT2D eigenvalue weighted by molar-refractivity contribution is -0.138. The van der Waals surface area contributed by atoms with Crippen molar-refractivity contribution < 1.29 is 23.1 Å². The maximum Gasteiger partial charge on any atom is 0.336 e. The van der Waals surface area contributed by atoms with Crippen molar-refractivity contribution in [3.05, 3.63) is 82.6 Å². The van der Waals surface area contributed by atoms with Crippen LogP contribution in [0.1, 0.15) is 36.8 Å². The molecule has 0 saturated carbocycles. The van der Waals surface area contributed by atoms with E-state index in [-0.39, 0.29) is 18.9 Å². The van der Waals surface area contributed by atoms with Gasteiger partial charge in [-0.3, -0.25) is 4.79 Å². The third kappa shape index (κ3) is 3.96. The van der Waals surface area contributed by atoms with E-state index in [9.17, 15) is 18.4 Å². The molecule has 0 bridgehead atoms. The van der Waals surface area contributed by atoms with E-state index in [0.29, 0.717) is 28.8 Å². The zero-order valence-electron chi connectivity index (χ0n) is 15.7. The molecule has 4 nitrogen and oxygen atoms in total. The van der Waals surface area contributed by atoms with E-state index in [0.717, 1.165) is 0 Å². The SMILES string of the molecule is CCC1=C(C(=O)OC)C(c2cccc(F)c2)CC(=O)N1Cc1cccc(F)c1. The Hall–Kier alpha value is -3.02. The van der Waals surface area contributed by atoms with E-state index in [4.69, 9.17) is 4.74 Å². The van der Waals surface area contributed by atoms with Gasteiger partial charge in [-0.25, -0.2) is 13.6 Å². The Morgan fingerprint density at radius 2 is 1.82 bits per heavy atom. The fourth-order valence-electron chi connectivity index (χ4n) is 3.64. The number of carbonyl (C=O) groups is 2. The number of ether oxygens (including phenoxy) is 1. The lowest BCUT2D eigenvalue weighted by atomic mass is 9.82. The van der Waals surface area contributed by atoms with Gasteiger partial charge < -0.3 is 9.64 Å². The van der Waals surface area contributed by atoms with Crippen LogP contribution < -0.4 is 0 Å². The molecule has 2 aromatic rings. The summed E-state index contributed by atoms with van der Waals surface area (Å²) >= 11 is 0. The molecule has 146 valence electrons. The van der Waals surface area contributed by atoms with Gasteiger partial charge in [0.2, 0.25) is 5.91 Å². The van der Waals surface area contributed by atoms with Gasteiger partial charge in [-0.1, -0.05) is 31.2 Å². The number of hydrogen-bond donors (Lipinski definition) is 0. The quantitative estimate of drug-likeness (QED) is 0.721. The fourth-order valence-corrected chi connectivity index (χ4v) is 3.64. The molecule has 2 aromatic carbocycles. The zero-order chi connectivity index (χ0) is 20.3. The predicted molar refractivity (Wildman–Crippen MR) is 100 cm³/mol. The number of nitrogens with zero attached hydrogens (tertiary/aromatic N) is 1. The minimum atomic E-state index is -0.589. The summed E-state index contributed by atoms with van der Waals surface area (Å²) in [6.45, 7) is 1.98. The van der Waals surface area contributed by atoms with Crippen molar-refractivity contribution in [2.45, 2.75) is 32.2 Å². The van der Waals surface area contributed by atoms with Gasteiger partial charge in [0.15, 0.2) is 0 Å². The zero-order valence-corrected chi connectivity index (χ0v) is 15.7. The molecular weight excluding hydrogens is 364 g/mol. The lowest BCUT2D eigenvalue weighted by Gasteiger charge is -2.35. The maximum atomic E-state index is 13.7. The standard InChI is InChI=1S/C22H21F2NO3/c1-3-19-21(22(27)28-2)18(15-7-5-9-17(24)11-15)12-20(26)25(19)13-14-6-4-8-16(23)10-14/h4-11,18H,3,12-13H2,1-2H3. The summed E-state index contributed by atoms with van der Waals surface area (Å²) in [6.07, 6.45) is 0.407. The number of methoxy groups -OCH3 is 1. The molecule has 1 heterocycles. The molecule has 1 aliphatic heterocycles. The van der Waals surface area contributed by atoms with E-state index in [1.54, 1.807) is 24.3 Å². The summed E-state index contributed by atoms with van der Waals surface area (Å²) < 4.78 is 32.3. The number of esters is 1. The molecule has 6 heteroatoms. The summed E-state index contributed by atoms with van der Waals surface area (Å²) in [5.41, 5.74) is 2.02. The Balaban J connectivity index is 2.08. The first-order valence-electron chi connectivity index (χ1n) is 9.06. The molecule has 0 aromatic heterocycles. The van der Waals surface area contributed by atoms with E-state index in [2.05, 4.69) is 0 Å². The Labute approximate surface area is 162 Å². The van der Waals surface area contributed by atoms with Crippen LogP contribution in [0, 0.1) is 11.6 Å². The lowest BCUT2D eigenvalue weighted by Crippen LogP contribution is -2.38. The Kier molecular flexibility index (Phi) is 5.87. The van der Waals surface area contributed by atoms with E-state index in [1.807, 2.05) is 6.92 Å². The van der Waals surface area contributed by atoms with Crippen LogP contribution in [0.5, 0.6) is 0 Å². The minimum absolute atomic E-state index is 0.00665. The highest BCUT2D eigenvalue weighted by Gasteiger charge is 2.37. The second-order valence-electron chi connectivity index (χ2n) is 6.63. The molecule has 3 rings (SSSR count). The minimum Gasteiger partial charge on any atom is -0.466 e. The predicted octanol–water partition coefficient (Wildman–Crippen LogP) is 4.32. The van der Waals surface area contributed by atoms with Gasteiger partial charge in [-0.2, -0.15) is 0 Å². The van der Waals surface area contributed by atoms with E-state index < -0.39 is 23.5 Å². The molecule has 0 N–H and O–H groups in total. The van der Waals surface area contributed by atoms with Crippen LogP contribution in [0.15, 0.2) is 59.8 Å². The highest BCUT2D eigenvalue weighted by molar-refractivity contribution is 5.95. The van der Waals surface area contributed by atoms with Gasteiger partial charge in [0, 0.05) is 18.0 Å². The van der Waals surface area contributed by atoms with Crippen molar-refractivity contribution in [3.63, 3.8) is 0 Å².